The van der Waals surface area contributed by atoms with Crippen LogP contribution in [0.3, 0.4) is 0 Å². The number of hydrogen-bond acceptors (Lipinski definition) is 3. The van der Waals surface area contributed by atoms with E-state index in [1.165, 1.54) is 19.3 Å². The van der Waals surface area contributed by atoms with E-state index in [-0.39, 0.29) is 0 Å². The molecule has 1 aromatic carbocycles. The fraction of sp³-hybridized carbons (Fsp3) is 0.588. The molecule has 3 rings (SSSR count). The third-order valence-corrected chi connectivity index (χ3v) is 6.02. The number of fused-ring (bicyclic) bond motifs is 1. The van der Waals surface area contributed by atoms with Gasteiger partial charge in [0.2, 0.25) is 0 Å². The molecule has 4 heteroatoms. The SMILES string of the molecule is CNC1CCC(C(C)C)CC1Sc1nc2ccccc2[nH]1. The maximum absolute atomic E-state index is 4.73. The lowest BCUT2D eigenvalue weighted by atomic mass is 9.79. The maximum Gasteiger partial charge on any atom is 0.166 e. The van der Waals surface area contributed by atoms with Crippen LogP contribution in [0, 0.1) is 11.8 Å². The molecule has 0 aliphatic heterocycles. The first kappa shape index (κ1) is 14.9. The normalized spacial score (nSPS) is 26.6. The van der Waals surface area contributed by atoms with Crippen LogP contribution in [0.5, 0.6) is 0 Å². The highest BCUT2D eigenvalue weighted by Gasteiger charge is 2.32. The number of imidazole rings is 1. The fourth-order valence-corrected chi connectivity index (χ4v) is 4.74. The van der Waals surface area contributed by atoms with Gasteiger partial charge >= 0.3 is 0 Å². The van der Waals surface area contributed by atoms with Gasteiger partial charge in [0.25, 0.3) is 0 Å². The lowest BCUT2D eigenvalue weighted by molar-refractivity contribution is 0.251. The maximum atomic E-state index is 4.73. The molecular weight excluding hydrogens is 278 g/mol. The molecular formula is C17H25N3S. The molecule has 1 aliphatic rings. The number of nitrogens with zero attached hydrogens (tertiary/aromatic N) is 1. The topological polar surface area (TPSA) is 40.7 Å². The molecule has 1 saturated carbocycles. The van der Waals surface area contributed by atoms with Crippen molar-refractivity contribution >= 4 is 22.8 Å². The quantitative estimate of drug-likeness (QED) is 0.894. The van der Waals surface area contributed by atoms with Gasteiger partial charge in [-0.1, -0.05) is 37.7 Å². The number of nitrogens with one attached hydrogen (secondary N) is 2. The summed E-state index contributed by atoms with van der Waals surface area (Å²) in [6.45, 7) is 4.71. The summed E-state index contributed by atoms with van der Waals surface area (Å²) in [5.41, 5.74) is 2.20. The van der Waals surface area contributed by atoms with Crippen LogP contribution in [0.1, 0.15) is 33.1 Å². The van der Waals surface area contributed by atoms with Gasteiger partial charge in [0.05, 0.1) is 11.0 Å². The van der Waals surface area contributed by atoms with Crippen molar-refractivity contribution in [1.29, 1.82) is 0 Å². The van der Waals surface area contributed by atoms with Crippen LogP contribution in [0.4, 0.5) is 0 Å². The van der Waals surface area contributed by atoms with Crippen LogP contribution in [-0.2, 0) is 0 Å². The number of benzene rings is 1. The Labute approximate surface area is 131 Å². The Bertz CT molecular complexity index is 559. The average molecular weight is 303 g/mol. The van der Waals surface area contributed by atoms with Crippen molar-refractivity contribution in [3.8, 4) is 0 Å². The van der Waals surface area contributed by atoms with Gasteiger partial charge in [-0.3, -0.25) is 0 Å². The van der Waals surface area contributed by atoms with Crippen LogP contribution < -0.4 is 5.32 Å². The molecule has 114 valence electrons. The molecule has 0 saturated heterocycles. The van der Waals surface area contributed by atoms with Crippen LogP contribution in [0.25, 0.3) is 11.0 Å². The summed E-state index contributed by atoms with van der Waals surface area (Å²) < 4.78 is 0. The van der Waals surface area contributed by atoms with E-state index in [1.807, 2.05) is 17.8 Å². The van der Waals surface area contributed by atoms with Crippen LogP contribution in [-0.4, -0.2) is 28.3 Å². The van der Waals surface area contributed by atoms with Crippen molar-refractivity contribution in [3.05, 3.63) is 24.3 Å². The van der Waals surface area contributed by atoms with E-state index >= 15 is 0 Å². The number of hydrogen-bond donors (Lipinski definition) is 2. The minimum atomic E-state index is 0.596. The Morgan fingerprint density at radius 2 is 2.10 bits per heavy atom. The predicted molar refractivity (Wildman–Crippen MR) is 90.8 cm³/mol. The van der Waals surface area contributed by atoms with Crippen molar-refractivity contribution in [2.24, 2.45) is 11.8 Å². The van der Waals surface area contributed by atoms with E-state index in [2.05, 4.69) is 49.4 Å². The third kappa shape index (κ3) is 3.27. The zero-order valence-electron chi connectivity index (χ0n) is 13.1. The average Bonchev–Trinajstić information content (AvgIpc) is 2.89. The van der Waals surface area contributed by atoms with Crippen molar-refractivity contribution in [2.45, 2.75) is 49.6 Å². The van der Waals surface area contributed by atoms with Crippen molar-refractivity contribution in [1.82, 2.24) is 15.3 Å². The summed E-state index contributed by atoms with van der Waals surface area (Å²) in [7, 11) is 2.09. The summed E-state index contributed by atoms with van der Waals surface area (Å²) in [6, 6.07) is 8.87. The molecule has 1 fully saturated rings. The molecule has 0 bridgehead atoms. The lowest BCUT2D eigenvalue weighted by Gasteiger charge is -2.37. The minimum Gasteiger partial charge on any atom is -0.333 e. The van der Waals surface area contributed by atoms with Gasteiger partial charge in [0, 0.05) is 11.3 Å². The number of rotatable bonds is 4. The van der Waals surface area contributed by atoms with Gasteiger partial charge in [-0.05, 0) is 50.3 Å². The first-order chi connectivity index (χ1) is 10.2. The molecule has 3 nitrogen and oxygen atoms in total. The zero-order chi connectivity index (χ0) is 14.8. The minimum absolute atomic E-state index is 0.596. The Balaban J connectivity index is 1.76. The van der Waals surface area contributed by atoms with E-state index in [4.69, 9.17) is 4.98 Å². The Kier molecular flexibility index (Phi) is 4.55. The highest BCUT2D eigenvalue weighted by atomic mass is 32.2. The van der Waals surface area contributed by atoms with E-state index in [9.17, 15) is 0 Å². The summed E-state index contributed by atoms with van der Waals surface area (Å²) in [5.74, 6) is 1.62. The van der Waals surface area contributed by atoms with Crippen LogP contribution in [0.15, 0.2) is 29.4 Å². The number of aromatic amines is 1. The zero-order valence-corrected chi connectivity index (χ0v) is 13.9. The largest absolute Gasteiger partial charge is 0.333 e. The smallest absolute Gasteiger partial charge is 0.166 e. The molecule has 3 atom stereocenters. The molecule has 3 unspecified atom stereocenters. The molecule has 1 heterocycles. The van der Waals surface area contributed by atoms with Gasteiger partial charge in [0.15, 0.2) is 5.16 Å². The first-order valence-electron chi connectivity index (χ1n) is 7.96. The molecule has 1 aromatic heterocycles. The molecule has 0 radical (unpaired) electrons. The molecule has 2 aromatic rings. The van der Waals surface area contributed by atoms with Crippen molar-refractivity contribution in [2.75, 3.05) is 7.05 Å². The van der Waals surface area contributed by atoms with Gasteiger partial charge in [-0.25, -0.2) is 4.98 Å². The standard InChI is InChI=1S/C17H25N3S/c1-11(2)12-8-9-15(18-3)16(10-12)21-17-19-13-6-4-5-7-14(13)20-17/h4-7,11-12,15-16,18H,8-10H2,1-3H3,(H,19,20). The summed E-state index contributed by atoms with van der Waals surface area (Å²) >= 11 is 1.91. The monoisotopic (exact) mass is 303 g/mol. The van der Waals surface area contributed by atoms with Gasteiger partial charge in [-0.15, -0.1) is 0 Å². The van der Waals surface area contributed by atoms with Crippen molar-refractivity contribution in [3.63, 3.8) is 0 Å². The lowest BCUT2D eigenvalue weighted by Crippen LogP contribution is -2.41. The van der Waals surface area contributed by atoms with Gasteiger partial charge in [-0.2, -0.15) is 0 Å². The Morgan fingerprint density at radius 3 is 2.81 bits per heavy atom. The van der Waals surface area contributed by atoms with E-state index in [0.717, 1.165) is 28.0 Å². The number of H-pyrrole nitrogens is 1. The number of aromatic nitrogens is 2. The van der Waals surface area contributed by atoms with Gasteiger partial charge < -0.3 is 10.3 Å². The molecule has 1 aliphatic carbocycles. The molecule has 21 heavy (non-hydrogen) atoms. The highest BCUT2D eigenvalue weighted by Crippen LogP contribution is 2.38. The summed E-state index contributed by atoms with van der Waals surface area (Å²) in [6.07, 6.45) is 3.91. The second-order valence-electron chi connectivity index (χ2n) is 6.43. The highest BCUT2D eigenvalue weighted by molar-refractivity contribution is 7.99. The van der Waals surface area contributed by atoms with Gasteiger partial charge in [0.1, 0.15) is 0 Å². The van der Waals surface area contributed by atoms with E-state index in [0.29, 0.717) is 11.3 Å². The van der Waals surface area contributed by atoms with Crippen LogP contribution in [0.2, 0.25) is 0 Å². The molecule has 2 N–H and O–H groups in total. The second kappa shape index (κ2) is 6.41. The van der Waals surface area contributed by atoms with Crippen molar-refractivity contribution < 1.29 is 0 Å². The second-order valence-corrected chi connectivity index (χ2v) is 7.66. The Morgan fingerprint density at radius 1 is 1.29 bits per heavy atom. The molecule has 0 amide bonds. The summed E-state index contributed by atoms with van der Waals surface area (Å²) in [5, 5.41) is 5.17. The predicted octanol–water partition coefficient (Wildman–Crippen LogP) is 4.07. The van der Waals surface area contributed by atoms with Crippen LogP contribution >= 0.6 is 11.8 Å². The fourth-order valence-electron chi connectivity index (χ4n) is 3.35. The van der Waals surface area contributed by atoms with E-state index < -0.39 is 0 Å². The first-order valence-corrected chi connectivity index (χ1v) is 8.84. The number of thioether (sulfide) groups is 1. The molecule has 0 spiro atoms. The summed E-state index contributed by atoms with van der Waals surface area (Å²) in [4.78, 5) is 8.18. The third-order valence-electron chi connectivity index (χ3n) is 4.78. The van der Waals surface area contributed by atoms with E-state index in [1.54, 1.807) is 0 Å². The Hall–Kier alpha value is -1.00. The number of para-hydroxylation sites is 2.